The average molecular weight is 384 g/mol. The van der Waals surface area contributed by atoms with Gasteiger partial charge in [-0.25, -0.2) is 4.39 Å². The molecule has 0 fully saturated rings. The van der Waals surface area contributed by atoms with E-state index in [2.05, 4.69) is 15.5 Å². The summed E-state index contributed by atoms with van der Waals surface area (Å²) in [4.78, 5) is 12.2. The molecule has 0 unspecified atom stereocenters. The maximum Gasteiger partial charge on any atom is 0.222 e. The minimum Gasteiger partial charge on any atom is -0.352 e. The number of benzene rings is 2. The average Bonchev–Trinajstić information content (AvgIpc) is 3.01. The van der Waals surface area contributed by atoms with Gasteiger partial charge in [0.05, 0.1) is 0 Å². The lowest BCUT2D eigenvalue weighted by atomic mass is 10.1. The van der Waals surface area contributed by atoms with Crippen molar-refractivity contribution in [3.05, 3.63) is 69.7 Å². The molecule has 2 N–H and O–H groups in total. The van der Waals surface area contributed by atoms with Gasteiger partial charge in [0.15, 0.2) is 10.6 Å². The summed E-state index contributed by atoms with van der Waals surface area (Å²) in [6.07, 6.45) is 0.271. The summed E-state index contributed by atoms with van der Waals surface area (Å²) in [7, 11) is 0. The van der Waals surface area contributed by atoms with Gasteiger partial charge in [-0.1, -0.05) is 35.9 Å². The Kier molecular flexibility index (Phi) is 5.81. The maximum atomic E-state index is 13.3. The van der Waals surface area contributed by atoms with Crippen molar-refractivity contribution in [2.45, 2.75) is 33.4 Å². The number of aromatic nitrogens is 3. The largest absolute Gasteiger partial charge is 0.352 e. The summed E-state index contributed by atoms with van der Waals surface area (Å²) in [5, 5.41) is 9.95. The molecule has 1 heterocycles. The van der Waals surface area contributed by atoms with E-state index in [1.807, 2.05) is 35.8 Å². The van der Waals surface area contributed by atoms with E-state index in [0.717, 1.165) is 16.7 Å². The molecule has 140 valence electrons. The third-order valence-corrected chi connectivity index (χ3v) is 4.62. The van der Waals surface area contributed by atoms with Crippen molar-refractivity contribution in [3.8, 4) is 11.4 Å². The number of hydrogen-bond acceptors (Lipinski definition) is 3. The normalized spacial score (nSPS) is 10.8. The van der Waals surface area contributed by atoms with Crippen LogP contribution in [-0.4, -0.2) is 20.7 Å². The predicted octanol–water partition coefficient (Wildman–Crippen LogP) is 4.07. The fourth-order valence-electron chi connectivity index (χ4n) is 2.85. The zero-order chi connectivity index (χ0) is 19.4. The highest BCUT2D eigenvalue weighted by molar-refractivity contribution is 7.71. The molecule has 3 aromatic rings. The molecule has 0 spiro atoms. The number of aromatic amines is 1. The van der Waals surface area contributed by atoms with E-state index in [4.69, 9.17) is 12.2 Å². The van der Waals surface area contributed by atoms with Crippen LogP contribution in [0, 0.1) is 24.4 Å². The molecule has 0 aliphatic rings. The summed E-state index contributed by atoms with van der Waals surface area (Å²) < 4.78 is 15.6. The number of nitrogens with zero attached hydrogens (tertiary/aromatic N) is 2. The second-order valence-corrected chi connectivity index (χ2v) is 6.87. The standard InChI is InChI=1S/C20H21FN4OS/c1-13-4-3-5-16(10-13)19-23-24-20(27)25(19)9-8-18(26)22-12-15-6-7-17(21)14(2)11-15/h3-7,10-11H,8-9,12H2,1-2H3,(H,22,26)(H,24,27). The van der Waals surface area contributed by atoms with Crippen LogP contribution in [0.4, 0.5) is 4.39 Å². The van der Waals surface area contributed by atoms with Gasteiger partial charge in [-0.05, 0) is 49.3 Å². The van der Waals surface area contributed by atoms with E-state index < -0.39 is 0 Å². The van der Waals surface area contributed by atoms with Crippen LogP contribution in [0.2, 0.25) is 0 Å². The van der Waals surface area contributed by atoms with Crippen molar-refractivity contribution >= 4 is 18.1 Å². The molecule has 0 radical (unpaired) electrons. The molecule has 7 heteroatoms. The molecule has 3 rings (SSSR count). The van der Waals surface area contributed by atoms with E-state index in [1.54, 1.807) is 19.1 Å². The summed E-state index contributed by atoms with van der Waals surface area (Å²) in [5.41, 5.74) is 3.50. The lowest BCUT2D eigenvalue weighted by molar-refractivity contribution is -0.121. The Balaban J connectivity index is 1.63. The first-order valence-electron chi connectivity index (χ1n) is 8.68. The number of carbonyl (C=O) groups excluding carboxylic acids is 1. The minimum atomic E-state index is -0.247. The van der Waals surface area contributed by atoms with Crippen molar-refractivity contribution in [2.75, 3.05) is 0 Å². The monoisotopic (exact) mass is 384 g/mol. The highest BCUT2D eigenvalue weighted by atomic mass is 32.1. The molecular formula is C20H21FN4OS. The molecule has 0 saturated carbocycles. The molecular weight excluding hydrogens is 363 g/mol. The Morgan fingerprint density at radius 3 is 2.81 bits per heavy atom. The van der Waals surface area contributed by atoms with Crippen molar-refractivity contribution in [1.29, 1.82) is 0 Å². The SMILES string of the molecule is Cc1cccc(-c2n[nH]c(=S)n2CCC(=O)NCc2ccc(F)c(C)c2)c1. The number of rotatable bonds is 6. The molecule has 0 atom stereocenters. The summed E-state index contributed by atoms with van der Waals surface area (Å²) in [6, 6.07) is 12.8. The topological polar surface area (TPSA) is 62.7 Å². The van der Waals surface area contributed by atoms with E-state index in [0.29, 0.717) is 29.2 Å². The number of nitrogens with one attached hydrogen (secondary N) is 2. The van der Waals surface area contributed by atoms with E-state index in [-0.39, 0.29) is 18.1 Å². The van der Waals surface area contributed by atoms with Gasteiger partial charge in [0.1, 0.15) is 5.82 Å². The zero-order valence-corrected chi connectivity index (χ0v) is 16.1. The van der Waals surface area contributed by atoms with Gasteiger partial charge < -0.3 is 5.32 Å². The van der Waals surface area contributed by atoms with Gasteiger partial charge in [-0.2, -0.15) is 5.10 Å². The third kappa shape index (κ3) is 4.68. The molecule has 0 aliphatic carbocycles. The Morgan fingerprint density at radius 1 is 1.26 bits per heavy atom. The molecule has 0 saturated heterocycles. The molecule has 0 aliphatic heterocycles. The molecule has 0 bridgehead atoms. The second kappa shape index (κ2) is 8.26. The Morgan fingerprint density at radius 2 is 2.07 bits per heavy atom. The first kappa shape index (κ1) is 19.0. The second-order valence-electron chi connectivity index (χ2n) is 6.48. The van der Waals surface area contributed by atoms with Gasteiger partial charge in [0.2, 0.25) is 5.91 Å². The number of aryl methyl sites for hydroxylation is 2. The van der Waals surface area contributed by atoms with Gasteiger partial charge in [-0.3, -0.25) is 14.5 Å². The lowest BCUT2D eigenvalue weighted by Gasteiger charge is -2.09. The Bertz CT molecular complexity index is 1020. The van der Waals surface area contributed by atoms with Crippen LogP contribution in [0.5, 0.6) is 0 Å². The van der Waals surface area contributed by atoms with Gasteiger partial charge in [0.25, 0.3) is 0 Å². The molecule has 1 amide bonds. The van der Waals surface area contributed by atoms with Crippen molar-refractivity contribution < 1.29 is 9.18 Å². The summed E-state index contributed by atoms with van der Waals surface area (Å²) in [6.45, 7) is 4.50. The van der Waals surface area contributed by atoms with Crippen LogP contribution in [-0.2, 0) is 17.9 Å². The number of carbonyl (C=O) groups is 1. The Labute approximate surface area is 162 Å². The predicted molar refractivity (Wildman–Crippen MR) is 105 cm³/mol. The van der Waals surface area contributed by atoms with Crippen molar-refractivity contribution in [1.82, 2.24) is 20.1 Å². The first-order valence-corrected chi connectivity index (χ1v) is 9.09. The van der Waals surface area contributed by atoms with Crippen LogP contribution >= 0.6 is 12.2 Å². The van der Waals surface area contributed by atoms with Crippen LogP contribution in [0.3, 0.4) is 0 Å². The highest BCUT2D eigenvalue weighted by Crippen LogP contribution is 2.18. The first-order chi connectivity index (χ1) is 12.9. The van der Waals surface area contributed by atoms with Crippen molar-refractivity contribution in [3.63, 3.8) is 0 Å². The van der Waals surface area contributed by atoms with E-state index in [1.165, 1.54) is 6.07 Å². The maximum absolute atomic E-state index is 13.3. The van der Waals surface area contributed by atoms with Gasteiger partial charge in [-0.15, -0.1) is 0 Å². The van der Waals surface area contributed by atoms with Crippen LogP contribution in [0.1, 0.15) is 23.1 Å². The van der Waals surface area contributed by atoms with Crippen LogP contribution in [0.25, 0.3) is 11.4 Å². The van der Waals surface area contributed by atoms with Gasteiger partial charge >= 0.3 is 0 Å². The van der Waals surface area contributed by atoms with Crippen molar-refractivity contribution in [2.24, 2.45) is 0 Å². The number of hydrogen-bond donors (Lipinski definition) is 2. The third-order valence-electron chi connectivity index (χ3n) is 4.31. The zero-order valence-electron chi connectivity index (χ0n) is 15.3. The molecule has 5 nitrogen and oxygen atoms in total. The molecule has 27 heavy (non-hydrogen) atoms. The fraction of sp³-hybridized carbons (Fsp3) is 0.250. The quantitative estimate of drug-likeness (QED) is 0.630. The van der Waals surface area contributed by atoms with E-state index >= 15 is 0 Å². The molecule has 1 aromatic heterocycles. The highest BCUT2D eigenvalue weighted by Gasteiger charge is 2.11. The number of halogens is 1. The number of amides is 1. The summed E-state index contributed by atoms with van der Waals surface area (Å²) in [5.74, 6) is 0.365. The smallest absolute Gasteiger partial charge is 0.222 e. The summed E-state index contributed by atoms with van der Waals surface area (Å²) >= 11 is 5.30. The van der Waals surface area contributed by atoms with Crippen LogP contribution < -0.4 is 5.32 Å². The number of H-pyrrole nitrogens is 1. The minimum absolute atomic E-state index is 0.102. The van der Waals surface area contributed by atoms with Gasteiger partial charge in [0, 0.05) is 25.1 Å². The fourth-order valence-corrected chi connectivity index (χ4v) is 3.07. The molecule has 2 aromatic carbocycles. The lowest BCUT2D eigenvalue weighted by Crippen LogP contribution is -2.24. The van der Waals surface area contributed by atoms with Crippen LogP contribution in [0.15, 0.2) is 42.5 Å². The Hall–Kier alpha value is -2.80. The van der Waals surface area contributed by atoms with E-state index in [9.17, 15) is 9.18 Å².